The van der Waals surface area contributed by atoms with Crippen LogP contribution in [-0.2, 0) is 0 Å². The molecule has 0 aliphatic carbocycles. The van der Waals surface area contributed by atoms with Gasteiger partial charge < -0.3 is 4.42 Å². The molecule has 108 valence electrons. The number of furan rings is 1. The van der Waals surface area contributed by atoms with Crippen molar-refractivity contribution in [2.24, 2.45) is 5.84 Å². The molecule has 3 aromatic rings. The van der Waals surface area contributed by atoms with Crippen molar-refractivity contribution in [2.75, 3.05) is 0 Å². The fourth-order valence-corrected chi connectivity index (χ4v) is 2.70. The molecule has 2 aromatic carbocycles. The van der Waals surface area contributed by atoms with E-state index in [0.29, 0.717) is 16.4 Å². The van der Waals surface area contributed by atoms with Crippen LogP contribution in [-0.4, -0.2) is 0 Å². The number of aryl methyl sites for hydroxylation is 1. The van der Waals surface area contributed by atoms with Crippen molar-refractivity contribution in [2.45, 2.75) is 13.0 Å². The van der Waals surface area contributed by atoms with Gasteiger partial charge in [-0.2, -0.15) is 0 Å². The second-order valence-electron chi connectivity index (χ2n) is 4.91. The maximum Gasteiger partial charge on any atom is 0.152 e. The zero-order chi connectivity index (χ0) is 15.0. The lowest BCUT2D eigenvalue weighted by molar-refractivity contribution is 0.475. The van der Waals surface area contributed by atoms with E-state index in [4.69, 9.17) is 21.9 Å². The van der Waals surface area contributed by atoms with Gasteiger partial charge in [-0.15, -0.1) is 0 Å². The Morgan fingerprint density at radius 3 is 2.71 bits per heavy atom. The van der Waals surface area contributed by atoms with Gasteiger partial charge in [-0.1, -0.05) is 29.8 Å². The highest BCUT2D eigenvalue weighted by Crippen LogP contribution is 2.32. The molecule has 3 N–H and O–H groups in total. The van der Waals surface area contributed by atoms with Crippen LogP contribution in [0.3, 0.4) is 0 Å². The maximum atomic E-state index is 13.2. The van der Waals surface area contributed by atoms with E-state index in [1.54, 1.807) is 12.1 Å². The number of rotatable bonds is 3. The molecule has 3 nitrogen and oxygen atoms in total. The van der Waals surface area contributed by atoms with E-state index in [1.165, 1.54) is 12.1 Å². The highest BCUT2D eigenvalue weighted by atomic mass is 35.5. The molecule has 0 saturated carbocycles. The van der Waals surface area contributed by atoms with Crippen molar-refractivity contribution in [3.63, 3.8) is 0 Å². The molecule has 1 unspecified atom stereocenters. The van der Waals surface area contributed by atoms with Gasteiger partial charge in [0.1, 0.15) is 17.6 Å². The average Bonchev–Trinajstić information content (AvgIpc) is 2.87. The summed E-state index contributed by atoms with van der Waals surface area (Å²) in [5, 5.41) is 1.45. The Hall–Kier alpha value is -1.88. The van der Waals surface area contributed by atoms with Gasteiger partial charge in [0.05, 0.1) is 5.02 Å². The van der Waals surface area contributed by atoms with Crippen LogP contribution in [0.2, 0.25) is 5.02 Å². The number of benzene rings is 2. The van der Waals surface area contributed by atoms with E-state index in [2.05, 4.69) is 5.43 Å². The van der Waals surface area contributed by atoms with Gasteiger partial charge in [0.25, 0.3) is 0 Å². The molecule has 3 rings (SSSR count). The Bertz CT molecular complexity index is 800. The van der Waals surface area contributed by atoms with E-state index >= 15 is 0 Å². The lowest BCUT2D eigenvalue weighted by Gasteiger charge is -2.16. The Balaban J connectivity index is 2.11. The van der Waals surface area contributed by atoms with Crippen molar-refractivity contribution >= 4 is 22.6 Å². The minimum atomic E-state index is -0.367. The largest absolute Gasteiger partial charge is 0.457 e. The molecule has 0 spiro atoms. The Morgan fingerprint density at radius 1 is 1.24 bits per heavy atom. The molecular formula is C16H14ClFN2O. The molecule has 0 amide bonds. The van der Waals surface area contributed by atoms with Gasteiger partial charge in [-0.25, -0.2) is 9.82 Å². The van der Waals surface area contributed by atoms with Crippen molar-refractivity contribution in [1.82, 2.24) is 5.43 Å². The van der Waals surface area contributed by atoms with E-state index in [9.17, 15) is 4.39 Å². The first kappa shape index (κ1) is 14.1. The van der Waals surface area contributed by atoms with Crippen molar-refractivity contribution in [1.29, 1.82) is 0 Å². The fourth-order valence-electron chi connectivity index (χ4n) is 2.48. The molecule has 1 heterocycles. The standard InChI is InChI=1S/C16H14ClFN2O/c1-9-7-11(18)5-6-12(9)15(20-19)14-8-10-3-2-4-13(17)16(10)21-14/h2-8,15,20H,19H2,1H3. The van der Waals surface area contributed by atoms with Gasteiger partial charge in [-0.05, 0) is 42.3 Å². The maximum absolute atomic E-state index is 13.2. The summed E-state index contributed by atoms with van der Waals surface area (Å²) in [7, 11) is 0. The number of para-hydroxylation sites is 1. The lowest BCUT2D eigenvalue weighted by Crippen LogP contribution is -2.29. The van der Waals surface area contributed by atoms with Crippen LogP contribution in [0.1, 0.15) is 22.9 Å². The zero-order valence-corrected chi connectivity index (χ0v) is 12.1. The average molecular weight is 305 g/mol. The van der Waals surface area contributed by atoms with Gasteiger partial charge in [0, 0.05) is 5.39 Å². The smallest absolute Gasteiger partial charge is 0.152 e. The molecule has 1 aromatic heterocycles. The molecule has 0 aliphatic heterocycles. The Kier molecular flexibility index (Phi) is 3.68. The summed E-state index contributed by atoms with van der Waals surface area (Å²) in [6.07, 6.45) is 0. The Labute approximate surface area is 126 Å². The van der Waals surface area contributed by atoms with E-state index < -0.39 is 0 Å². The van der Waals surface area contributed by atoms with Crippen molar-refractivity contribution in [3.8, 4) is 0 Å². The van der Waals surface area contributed by atoms with E-state index in [-0.39, 0.29) is 11.9 Å². The first-order valence-electron chi connectivity index (χ1n) is 6.50. The first-order chi connectivity index (χ1) is 10.1. The molecular weight excluding hydrogens is 291 g/mol. The molecule has 0 radical (unpaired) electrons. The van der Waals surface area contributed by atoms with Gasteiger partial charge >= 0.3 is 0 Å². The first-order valence-corrected chi connectivity index (χ1v) is 6.88. The third-order valence-corrected chi connectivity index (χ3v) is 3.81. The minimum absolute atomic E-state index is 0.278. The number of hydrazine groups is 1. The van der Waals surface area contributed by atoms with Crippen LogP contribution in [0, 0.1) is 12.7 Å². The Morgan fingerprint density at radius 2 is 2.05 bits per heavy atom. The molecule has 1 atom stereocenters. The number of halogens is 2. The summed E-state index contributed by atoms with van der Waals surface area (Å²) in [4.78, 5) is 0. The molecule has 0 bridgehead atoms. The predicted octanol–water partition coefficient (Wildman–Crippen LogP) is 4.09. The van der Waals surface area contributed by atoms with Gasteiger partial charge in [0.15, 0.2) is 5.58 Å². The number of nitrogens with two attached hydrogens (primary N) is 1. The second kappa shape index (κ2) is 5.48. The van der Waals surface area contributed by atoms with Crippen LogP contribution < -0.4 is 11.3 Å². The van der Waals surface area contributed by atoms with Crippen LogP contribution in [0.5, 0.6) is 0 Å². The van der Waals surface area contributed by atoms with Crippen LogP contribution in [0.15, 0.2) is 46.9 Å². The third kappa shape index (κ3) is 2.53. The van der Waals surface area contributed by atoms with E-state index in [1.807, 2.05) is 25.1 Å². The van der Waals surface area contributed by atoms with Gasteiger partial charge in [-0.3, -0.25) is 5.84 Å². The second-order valence-corrected chi connectivity index (χ2v) is 5.31. The number of fused-ring (bicyclic) bond motifs is 1. The summed E-state index contributed by atoms with van der Waals surface area (Å²) >= 11 is 6.12. The molecule has 5 heteroatoms. The van der Waals surface area contributed by atoms with Crippen molar-refractivity contribution < 1.29 is 8.81 Å². The predicted molar refractivity (Wildman–Crippen MR) is 81.5 cm³/mol. The lowest BCUT2D eigenvalue weighted by atomic mass is 9.99. The molecule has 0 aliphatic rings. The summed E-state index contributed by atoms with van der Waals surface area (Å²) in [5.74, 6) is 6.02. The van der Waals surface area contributed by atoms with Crippen LogP contribution in [0.4, 0.5) is 4.39 Å². The molecule has 0 saturated heterocycles. The zero-order valence-electron chi connectivity index (χ0n) is 11.4. The quantitative estimate of drug-likeness (QED) is 0.566. The minimum Gasteiger partial charge on any atom is -0.457 e. The summed E-state index contributed by atoms with van der Waals surface area (Å²) in [6, 6.07) is 11.6. The molecule has 21 heavy (non-hydrogen) atoms. The molecule has 0 fully saturated rings. The van der Waals surface area contributed by atoms with Crippen LogP contribution in [0.25, 0.3) is 11.0 Å². The summed E-state index contributed by atoms with van der Waals surface area (Å²) < 4.78 is 19.1. The SMILES string of the molecule is Cc1cc(F)ccc1C(NN)c1cc2cccc(Cl)c2o1. The topological polar surface area (TPSA) is 51.2 Å². The van der Waals surface area contributed by atoms with Gasteiger partial charge in [0.2, 0.25) is 0 Å². The summed E-state index contributed by atoms with van der Waals surface area (Å²) in [5.41, 5.74) is 4.99. The normalized spacial score (nSPS) is 12.8. The summed E-state index contributed by atoms with van der Waals surface area (Å²) in [6.45, 7) is 1.83. The van der Waals surface area contributed by atoms with E-state index in [0.717, 1.165) is 16.5 Å². The monoisotopic (exact) mass is 304 g/mol. The third-order valence-electron chi connectivity index (χ3n) is 3.51. The van der Waals surface area contributed by atoms with Crippen molar-refractivity contribution in [3.05, 3.63) is 70.2 Å². The number of nitrogens with one attached hydrogen (secondary N) is 1. The highest BCUT2D eigenvalue weighted by Gasteiger charge is 2.20. The number of hydrogen-bond acceptors (Lipinski definition) is 3. The number of hydrogen-bond donors (Lipinski definition) is 2. The highest BCUT2D eigenvalue weighted by molar-refractivity contribution is 6.34. The fraction of sp³-hybridized carbons (Fsp3) is 0.125. The van der Waals surface area contributed by atoms with Crippen LogP contribution >= 0.6 is 11.6 Å².